The van der Waals surface area contributed by atoms with Gasteiger partial charge in [0.2, 0.25) is 5.78 Å². The van der Waals surface area contributed by atoms with Gasteiger partial charge >= 0.3 is 0 Å². The average Bonchev–Trinajstić information content (AvgIpc) is 3.04. The summed E-state index contributed by atoms with van der Waals surface area (Å²) in [6.07, 6.45) is 9.54. The molecule has 2 heterocycles. The van der Waals surface area contributed by atoms with Crippen molar-refractivity contribution < 1.29 is 14.6 Å². The predicted octanol–water partition coefficient (Wildman–Crippen LogP) is 5.11. The smallest absolute Gasteiger partial charge is 0.232 e. The molecule has 0 fully saturated rings. The summed E-state index contributed by atoms with van der Waals surface area (Å²) in [6.45, 7) is 8.70. The van der Waals surface area contributed by atoms with Gasteiger partial charge < -0.3 is 9.84 Å². The summed E-state index contributed by atoms with van der Waals surface area (Å²) in [5, 5.41) is 10.7. The van der Waals surface area contributed by atoms with Crippen molar-refractivity contribution >= 4 is 11.9 Å². The average molecular weight is 395 g/mol. The number of carbonyl (C=O) groups is 1. The number of carbonyl (C=O) groups excluding carboxylic acids is 1. The fraction of sp³-hybridized carbons (Fsp3) is 0.417. The Balaban J connectivity index is 1.94. The molecule has 29 heavy (non-hydrogen) atoms. The SMILES string of the molecule is CCCCN(CCCC)Cc1c(O)cc(C)c2c1O/C(=C/c1ccncc1)C2=O. The molecular formula is C24H30N2O3. The highest BCUT2D eigenvalue weighted by atomic mass is 16.5. The van der Waals surface area contributed by atoms with Gasteiger partial charge in [0.1, 0.15) is 11.5 Å². The molecule has 0 amide bonds. The Hall–Kier alpha value is -2.66. The number of unbranched alkanes of at least 4 members (excludes halogenated alkanes) is 2. The number of aromatic hydroxyl groups is 1. The molecule has 1 aliphatic heterocycles. The van der Waals surface area contributed by atoms with E-state index >= 15 is 0 Å². The fourth-order valence-electron chi connectivity index (χ4n) is 3.60. The number of phenols is 1. The summed E-state index contributed by atoms with van der Waals surface area (Å²) in [5.41, 5.74) is 2.85. The van der Waals surface area contributed by atoms with Crippen molar-refractivity contribution in [3.05, 3.63) is 58.6 Å². The van der Waals surface area contributed by atoms with Crippen LogP contribution in [0.15, 0.2) is 36.4 Å². The van der Waals surface area contributed by atoms with Gasteiger partial charge in [0.15, 0.2) is 5.76 Å². The van der Waals surface area contributed by atoms with Crippen molar-refractivity contribution in [2.24, 2.45) is 0 Å². The van der Waals surface area contributed by atoms with E-state index in [-0.39, 0.29) is 17.3 Å². The summed E-state index contributed by atoms with van der Waals surface area (Å²) in [4.78, 5) is 19.4. The number of pyridine rings is 1. The molecule has 1 aromatic carbocycles. The van der Waals surface area contributed by atoms with Crippen LogP contribution in [0.3, 0.4) is 0 Å². The molecule has 1 N–H and O–H groups in total. The van der Waals surface area contributed by atoms with Gasteiger partial charge in [-0.1, -0.05) is 26.7 Å². The lowest BCUT2D eigenvalue weighted by Crippen LogP contribution is -2.26. The Morgan fingerprint density at radius 1 is 1.14 bits per heavy atom. The second kappa shape index (κ2) is 9.70. The van der Waals surface area contributed by atoms with Gasteiger partial charge in [-0.3, -0.25) is 14.7 Å². The Morgan fingerprint density at radius 3 is 2.41 bits per heavy atom. The van der Waals surface area contributed by atoms with Crippen LogP contribution in [0.2, 0.25) is 0 Å². The maximum absolute atomic E-state index is 13.0. The number of ketones is 1. The molecule has 3 rings (SSSR count). The molecule has 0 radical (unpaired) electrons. The highest BCUT2D eigenvalue weighted by Crippen LogP contribution is 2.42. The van der Waals surface area contributed by atoms with Gasteiger partial charge in [-0.15, -0.1) is 0 Å². The molecule has 5 nitrogen and oxygen atoms in total. The number of rotatable bonds is 9. The lowest BCUT2D eigenvalue weighted by molar-refractivity contribution is 0.101. The highest BCUT2D eigenvalue weighted by molar-refractivity contribution is 6.15. The molecular weight excluding hydrogens is 364 g/mol. The molecule has 5 heteroatoms. The van der Waals surface area contributed by atoms with E-state index in [9.17, 15) is 9.90 Å². The van der Waals surface area contributed by atoms with Gasteiger partial charge in [0.25, 0.3) is 0 Å². The molecule has 154 valence electrons. The van der Waals surface area contributed by atoms with E-state index in [2.05, 4.69) is 23.7 Å². The monoisotopic (exact) mass is 394 g/mol. The molecule has 2 aromatic rings. The minimum Gasteiger partial charge on any atom is -0.507 e. The van der Waals surface area contributed by atoms with Gasteiger partial charge in [0, 0.05) is 18.9 Å². The highest BCUT2D eigenvalue weighted by Gasteiger charge is 2.33. The Kier molecular flexibility index (Phi) is 7.04. The molecule has 0 saturated carbocycles. The lowest BCUT2D eigenvalue weighted by Gasteiger charge is -2.23. The van der Waals surface area contributed by atoms with Crippen LogP contribution in [0.25, 0.3) is 6.08 Å². The number of hydrogen-bond donors (Lipinski definition) is 1. The van der Waals surface area contributed by atoms with Gasteiger partial charge in [-0.2, -0.15) is 0 Å². The summed E-state index contributed by atoms with van der Waals surface area (Å²) in [5.74, 6) is 0.849. The van der Waals surface area contributed by atoms with Crippen molar-refractivity contribution in [2.45, 2.75) is 53.0 Å². The van der Waals surface area contributed by atoms with E-state index in [1.165, 1.54) is 0 Å². The summed E-state index contributed by atoms with van der Waals surface area (Å²) >= 11 is 0. The predicted molar refractivity (Wildman–Crippen MR) is 115 cm³/mol. The van der Waals surface area contributed by atoms with Crippen LogP contribution in [0.1, 0.15) is 66.6 Å². The second-order valence-corrected chi connectivity index (χ2v) is 7.60. The van der Waals surface area contributed by atoms with Gasteiger partial charge in [-0.05, 0) is 68.3 Å². The Morgan fingerprint density at radius 2 is 1.79 bits per heavy atom. The van der Waals surface area contributed by atoms with E-state index < -0.39 is 0 Å². The lowest BCUT2D eigenvalue weighted by atomic mass is 9.99. The van der Waals surface area contributed by atoms with Crippen molar-refractivity contribution in [3.8, 4) is 11.5 Å². The van der Waals surface area contributed by atoms with Crippen LogP contribution in [0.5, 0.6) is 11.5 Å². The number of Topliss-reactive ketones (excluding diaryl/α,β-unsaturated/α-hetero) is 1. The van der Waals surface area contributed by atoms with Crippen LogP contribution >= 0.6 is 0 Å². The quantitative estimate of drug-likeness (QED) is 0.599. The first-order chi connectivity index (χ1) is 14.0. The molecule has 0 saturated heterocycles. The number of fused-ring (bicyclic) bond motifs is 1. The summed E-state index contributed by atoms with van der Waals surface area (Å²) in [7, 11) is 0. The third-order valence-corrected chi connectivity index (χ3v) is 5.26. The number of phenolic OH excluding ortho intramolecular Hbond substituents is 1. The third-order valence-electron chi connectivity index (χ3n) is 5.26. The second-order valence-electron chi connectivity index (χ2n) is 7.60. The minimum atomic E-state index is -0.135. The molecule has 0 atom stereocenters. The van der Waals surface area contributed by atoms with Crippen molar-refractivity contribution in [1.29, 1.82) is 0 Å². The van der Waals surface area contributed by atoms with Crippen LogP contribution < -0.4 is 4.74 Å². The maximum Gasteiger partial charge on any atom is 0.232 e. The van der Waals surface area contributed by atoms with Crippen molar-refractivity contribution in [2.75, 3.05) is 13.1 Å². The number of benzene rings is 1. The van der Waals surface area contributed by atoms with E-state index in [0.717, 1.165) is 49.9 Å². The summed E-state index contributed by atoms with van der Waals surface area (Å²) in [6, 6.07) is 5.34. The molecule has 0 bridgehead atoms. The van der Waals surface area contributed by atoms with Crippen LogP contribution in [0.4, 0.5) is 0 Å². The van der Waals surface area contributed by atoms with Crippen LogP contribution in [-0.4, -0.2) is 33.9 Å². The van der Waals surface area contributed by atoms with E-state index in [1.807, 2.05) is 19.1 Å². The van der Waals surface area contributed by atoms with Crippen molar-refractivity contribution in [3.63, 3.8) is 0 Å². The van der Waals surface area contributed by atoms with E-state index in [1.54, 1.807) is 24.5 Å². The standard InChI is InChI=1S/C24H30N2O3/c1-4-6-12-26(13-7-5-2)16-19-20(27)14-17(3)22-23(28)21(29-24(19)22)15-18-8-10-25-11-9-18/h8-11,14-15,27H,4-7,12-13,16H2,1-3H3/b21-15+. The Labute approximate surface area is 173 Å². The third kappa shape index (κ3) is 4.85. The first-order valence-corrected chi connectivity index (χ1v) is 10.5. The van der Waals surface area contributed by atoms with Gasteiger partial charge in [0.05, 0.1) is 11.1 Å². The van der Waals surface area contributed by atoms with Gasteiger partial charge in [-0.25, -0.2) is 0 Å². The minimum absolute atomic E-state index is 0.135. The zero-order chi connectivity index (χ0) is 20.8. The first-order valence-electron chi connectivity index (χ1n) is 10.5. The number of nitrogens with zero attached hydrogens (tertiary/aromatic N) is 2. The number of allylic oxidation sites excluding steroid dienone is 1. The molecule has 0 unspecified atom stereocenters. The maximum atomic E-state index is 13.0. The van der Waals surface area contributed by atoms with E-state index in [4.69, 9.17) is 4.74 Å². The molecule has 1 aliphatic rings. The van der Waals surface area contributed by atoms with E-state index in [0.29, 0.717) is 23.4 Å². The van der Waals surface area contributed by atoms with Crippen molar-refractivity contribution in [1.82, 2.24) is 9.88 Å². The molecule has 0 spiro atoms. The van der Waals surface area contributed by atoms with Crippen LogP contribution in [0, 0.1) is 6.92 Å². The number of aromatic nitrogens is 1. The zero-order valence-corrected chi connectivity index (χ0v) is 17.6. The number of hydrogen-bond acceptors (Lipinski definition) is 5. The number of aryl methyl sites for hydroxylation is 1. The number of ether oxygens (including phenoxy) is 1. The normalized spacial score (nSPS) is 14.5. The molecule has 1 aromatic heterocycles. The Bertz CT molecular complexity index is 883. The fourth-order valence-corrected chi connectivity index (χ4v) is 3.60. The molecule has 0 aliphatic carbocycles. The largest absolute Gasteiger partial charge is 0.507 e. The summed E-state index contributed by atoms with van der Waals surface area (Å²) < 4.78 is 6.03. The first kappa shape index (κ1) is 21.1. The zero-order valence-electron chi connectivity index (χ0n) is 17.6. The topological polar surface area (TPSA) is 62.7 Å². The van der Waals surface area contributed by atoms with Crippen LogP contribution in [-0.2, 0) is 6.54 Å².